The largest absolute Gasteiger partial charge is 0.493 e. The molecule has 0 saturated carbocycles. The number of anilines is 1. The van der Waals surface area contributed by atoms with Gasteiger partial charge in [-0.3, -0.25) is 9.59 Å². The first-order valence-electron chi connectivity index (χ1n) is 12.8. The minimum atomic E-state index is -1.65. The number of alkyl halides is 3. The van der Waals surface area contributed by atoms with Crippen LogP contribution in [0.1, 0.15) is 69.7 Å². The number of halogens is 3. The van der Waals surface area contributed by atoms with Gasteiger partial charge in [0.1, 0.15) is 12.2 Å². The summed E-state index contributed by atoms with van der Waals surface area (Å²) >= 11 is 16.7. The Morgan fingerprint density at radius 1 is 1.10 bits per heavy atom. The van der Waals surface area contributed by atoms with E-state index >= 15 is 0 Å². The summed E-state index contributed by atoms with van der Waals surface area (Å²) in [6.07, 6.45) is 1.19. The van der Waals surface area contributed by atoms with Crippen LogP contribution in [0.2, 0.25) is 0 Å². The molecule has 0 aliphatic carbocycles. The monoisotopic (exact) mass is 608 g/mol. The van der Waals surface area contributed by atoms with E-state index in [0.29, 0.717) is 50.1 Å². The highest BCUT2D eigenvalue weighted by Crippen LogP contribution is 2.41. The average Bonchev–Trinajstić information content (AvgIpc) is 3.30. The van der Waals surface area contributed by atoms with Gasteiger partial charge in [0.15, 0.2) is 17.7 Å². The van der Waals surface area contributed by atoms with E-state index in [1.165, 1.54) is 19.2 Å². The van der Waals surface area contributed by atoms with Gasteiger partial charge in [-0.25, -0.2) is 9.69 Å². The van der Waals surface area contributed by atoms with E-state index in [9.17, 15) is 19.5 Å². The van der Waals surface area contributed by atoms with Crippen molar-refractivity contribution in [2.75, 3.05) is 31.8 Å². The summed E-state index contributed by atoms with van der Waals surface area (Å²) in [5, 5.41) is 11.3. The number of hydrogen-bond donors (Lipinski definition) is 1. The molecule has 1 saturated heterocycles. The van der Waals surface area contributed by atoms with E-state index in [-0.39, 0.29) is 36.8 Å². The van der Waals surface area contributed by atoms with E-state index in [4.69, 9.17) is 53.8 Å². The van der Waals surface area contributed by atoms with Gasteiger partial charge in [-0.15, -0.1) is 0 Å². The summed E-state index contributed by atoms with van der Waals surface area (Å²) in [5.74, 6) is -0.146. The fourth-order valence-electron chi connectivity index (χ4n) is 4.50. The number of methoxy groups -OCH3 is 1. The van der Waals surface area contributed by atoms with Crippen molar-refractivity contribution in [1.82, 2.24) is 4.90 Å². The minimum Gasteiger partial charge on any atom is -0.493 e. The Balaban J connectivity index is 1.74. The summed E-state index contributed by atoms with van der Waals surface area (Å²) in [6.45, 7) is 5.62. The number of carbonyl (C=O) groups excluding carboxylic acids is 3. The molecule has 1 aromatic carbocycles. The standard InChI is InChI=1S/C26H35Cl3N2O8/c1-25(2,3)39-24(35)31-18-14-20(37-12-7-5-6-10-21(32)38-15-26(27,28)29)19(36-4)13-16(18)22(33)30-11-8-9-17(30)23(31)34/h13-14,17,23,34H,5-12,15H2,1-4H3. The van der Waals surface area contributed by atoms with E-state index in [0.717, 1.165) is 4.90 Å². The van der Waals surface area contributed by atoms with Crippen LogP contribution >= 0.6 is 34.8 Å². The molecule has 10 nitrogen and oxygen atoms in total. The van der Waals surface area contributed by atoms with Gasteiger partial charge >= 0.3 is 12.1 Å². The molecule has 2 atom stereocenters. The lowest BCUT2D eigenvalue weighted by atomic mass is 10.1. The molecular weight excluding hydrogens is 575 g/mol. The molecule has 39 heavy (non-hydrogen) atoms. The molecule has 0 bridgehead atoms. The molecule has 13 heteroatoms. The van der Waals surface area contributed by atoms with E-state index in [1.807, 2.05) is 0 Å². The molecule has 1 aromatic rings. The van der Waals surface area contributed by atoms with Gasteiger partial charge in [0.05, 0.1) is 31.0 Å². The van der Waals surface area contributed by atoms with E-state index in [1.54, 1.807) is 25.7 Å². The Bertz CT molecular complexity index is 1060. The summed E-state index contributed by atoms with van der Waals surface area (Å²) in [6, 6.07) is 2.49. The lowest BCUT2D eigenvalue weighted by molar-refractivity contribution is -0.143. The SMILES string of the molecule is COc1cc2c(cc1OCCCCCC(=O)OCC(Cl)(Cl)Cl)N(C(=O)OC(C)(C)C)C(O)C1CCCN1C2=O. The smallest absolute Gasteiger partial charge is 0.417 e. The van der Waals surface area contributed by atoms with Crippen molar-refractivity contribution < 1.29 is 38.4 Å². The first-order valence-corrected chi connectivity index (χ1v) is 13.9. The molecule has 2 heterocycles. The van der Waals surface area contributed by atoms with Crippen molar-refractivity contribution in [3.05, 3.63) is 17.7 Å². The highest BCUT2D eigenvalue weighted by atomic mass is 35.6. The number of ether oxygens (including phenoxy) is 4. The van der Waals surface area contributed by atoms with Crippen molar-refractivity contribution in [2.45, 2.75) is 81.0 Å². The fraction of sp³-hybridized carbons (Fsp3) is 0.654. The number of fused-ring (bicyclic) bond motifs is 2. The first kappa shape index (κ1) is 31.4. The number of esters is 1. The summed E-state index contributed by atoms with van der Waals surface area (Å²) in [7, 11) is 1.46. The van der Waals surface area contributed by atoms with Crippen LogP contribution in [0.3, 0.4) is 0 Å². The van der Waals surface area contributed by atoms with E-state index in [2.05, 4.69) is 0 Å². The molecule has 3 rings (SSSR count). The maximum Gasteiger partial charge on any atom is 0.417 e. The van der Waals surface area contributed by atoms with Crippen LogP contribution in [0.15, 0.2) is 12.1 Å². The summed E-state index contributed by atoms with van der Waals surface area (Å²) < 4.78 is 20.3. The van der Waals surface area contributed by atoms with E-state index < -0.39 is 33.7 Å². The zero-order valence-electron chi connectivity index (χ0n) is 22.5. The van der Waals surface area contributed by atoms with Crippen LogP contribution in [-0.2, 0) is 14.3 Å². The molecule has 1 N–H and O–H groups in total. The first-order chi connectivity index (χ1) is 18.2. The van der Waals surface area contributed by atoms with Crippen molar-refractivity contribution in [1.29, 1.82) is 0 Å². The van der Waals surface area contributed by atoms with Crippen molar-refractivity contribution >= 4 is 58.5 Å². The maximum atomic E-state index is 13.5. The Hall–Kier alpha value is -2.14. The number of rotatable bonds is 9. The number of benzene rings is 1. The number of unbranched alkanes of at least 4 members (excludes halogenated alkanes) is 2. The molecule has 0 aromatic heterocycles. The van der Waals surface area contributed by atoms with Crippen LogP contribution < -0.4 is 14.4 Å². The number of aliphatic hydroxyl groups excluding tert-OH is 1. The Morgan fingerprint density at radius 2 is 1.82 bits per heavy atom. The second-order valence-corrected chi connectivity index (χ2v) is 12.9. The highest BCUT2D eigenvalue weighted by Gasteiger charge is 2.45. The highest BCUT2D eigenvalue weighted by molar-refractivity contribution is 6.67. The van der Waals surface area contributed by atoms with Gasteiger partial charge in [-0.2, -0.15) is 0 Å². The van der Waals surface area contributed by atoms with Gasteiger partial charge in [-0.1, -0.05) is 34.8 Å². The van der Waals surface area contributed by atoms with Crippen LogP contribution in [0.25, 0.3) is 0 Å². The third-order valence-electron chi connectivity index (χ3n) is 6.21. The van der Waals surface area contributed by atoms with Crippen LogP contribution in [0.4, 0.5) is 10.5 Å². The van der Waals surface area contributed by atoms with Crippen LogP contribution in [0, 0.1) is 0 Å². The molecular formula is C26H35Cl3N2O8. The van der Waals surface area contributed by atoms with Gasteiger partial charge in [0.25, 0.3) is 5.91 Å². The molecule has 0 spiro atoms. The van der Waals surface area contributed by atoms with Crippen molar-refractivity contribution in [3.63, 3.8) is 0 Å². The molecule has 1 fully saturated rings. The molecule has 2 aliphatic rings. The summed E-state index contributed by atoms with van der Waals surface area (Å²) in [5.41, 5.74) is -0.424. The normalized spacial score (nSPS) is 19.2. The second-order valence-electron chi connectivity index (χ2n) is 10.4. The maximum absolute atomic E-state index is 13.5. The zero-order valence-corrected chi connectivity index (χ0v) is 24.8. The van der Waals surface area contributed by atoms with Crippen LogP contribution in [0.5, 0.6) is 11.5 Å². The number of amides is 2. The Labute approximate surface area is 243 Å². The molecule has 218 valence electrons. The van der Waals surface area contributed by atoms with Gasteiger partial charge < -0.3 is 29.0 Å². The average molecular weight is 610 g/mol. The topological polar surface area (TPSA) is 115 Å². The van der Waals surface area contributed by atoms with Gasteiger partial charge in [-0.05, 0) is 58.9 Å². The summed E-state index contributed by atoms with van der Waals surface area (Å²) in [4.78, 5) is 41.2. The Morgan fingerprint density at radius 3 is 2.46 bits per heavy atom. The van der Waals surface area contributed by atoms with Crippen LogP contribution in [-0.4, -0.2) is 76.5 Å². The van der Waals surface area contributed by atoms with Crippen molar-refractivity contribution in [2.24, 2.45) is 0 Å². The predicted molar refractivity (Wildman–Crippen MR) is 147 cm³/mol. The predicted octanol–water partition coefficient (Wildman–Crippen LogP) is 5.23. The quantitative estimate of drug-likeness (QED) is 0.230. The van der Waals surface area contributed by atoms with Gasteiger partial charge in [0, 0.05) is 19.0 Å². The number of aliphatic hydroxyl groups is 1. The zero-order chi connectivity index (χ0) is 29.0. The fourth-order valence-corrected chi connectivity index (χ4v) is 4.66. The minimum absolute atomic E-state index is 0.172. The number of hydrogen-bond acceptors (Lipinski definition) is 8. The lowest BCUT2D eigenvalue weighted by Gasteiger charge is -2.33. The lowest BCUT2D eigenvalue weighted by Crippen LogP contribution is -2.51. The third-order valence-corrected chi connectivity index (χ3v) is 6.54. The molecule has 0 radical (unpaired) electrons. The third kappa shape index (κ3) is 8.42. The number of carbonyl (C=O) groups is 3. The van der Waals surface area contributed by atoms with Gasteiger partial charge in [0.2, 0.25) is 3.79 Å². The Kier molecular flexibility index (Phi) is 10.5. The second kappa shape index (κ2) is 13.0. The number of nitrogens with zero attached hydrogens (tertiary/aromatic N) is 2. The molecule has 2 aliphatic heterocycles. The van der Waals surface area contributed by atoms with Crippen molar-refractivity contribution in [3.8, 4) is 11.5 Å². The molecule has 2 amide bonds. The molecule has 2 unspecified atom stereocenters.